The minimum atomic E-state index is 0.846. The monoisotopic (exact) mass is 212 g/mol. The average molecular weight is 212 g/mol. The minimum absolute atomic E-state index is 0.846. The number of benzene rings is 1. The van der Waals surface area contributed by atoms with E-state index in [0.29, 0.717) is 0 Å². The van der Waals surface area contributed by atoms with Crippen molar-refractivity contribution in [3.63, 3.8) is 0 Å². The van der Waals surface area contributed by atoms with Crippen molar-refractivity contribution in [1.82, 2.24) is 4.98 Å². The maximum atomic E-state index is 4.12. The third-order valence-electron chi connectivity index (χ3n) is 2.77. The number of nitrogens with one attached hydrogen (secondary N) is 1. The summed E-state index contributed by atoms with van der Waals surface area (Å²) in [5.74, 6) is 0. The second-order valence-corrected chi connectivity index (χ2v) is 3.97. The summed E-state index contributed by atoms with van der Waals surface area (Å²) < 4.78 is 0. The fourth-order valence-corrected chi connectivity index (χ4v) is 1.65. The number of nitrogens with zero attached hydrogens (tertiary/aromatic N) is 1. The van der Waals surface area contributed by atoms with E-state index in [2.05, 4.69) is 48.4 Å². The Kier molecular flexibility index (Phi) is 3.20. The van der Waals surface area contributed by atoms with Crippen molar-refractivity contribution < 1.29 is 0 Å². The molecule has 2 nitrogen and oxygen atoms in total. The second kappa shape index (κ2) is 4.79. The highest BCUT2D eigenvalue weighted by Crippen LogP contribution is 2.14. The van der Waals surface area contributed by atoms with Crippen LogP contribution in [-0.4, -0.2) is 4.98 Å². The van der Waals surface area contributed by atoms with Gasteiger partial charge in [-0.05, 0) is 36.6 Å². The van der Waals surface area contributed by atoms with Crippen molar-refractivity contribution in [2.24, 2.45) is 0 Å². The van der Waals surface area contributed by atoms with E-state index in [1.807, 2.05) is 18.5 Å². The smallest absolute Gasteiger partial charge is 0.0559 e. The lowest BCUT2D eigenvalue weighted by atomic mass is 10.1. The van der Waals surface area contributed by atoms with Crippen LogP contribution in [0.3, 0.4) is 0 Å². The Bertz CT molecular complexity index is 432. The molecule has 0 radical (unpaired) electrons. The fourth-order valence-electron chi connectivity index (χ4n) is 1.65. The largest absolute Gasteiger partial charge is 0.379 e. The third-order valence-corrected chi connectivity index (χ3v) is 2.77. The van der Waals surface area contributed by atoms with E-state index in [-0.39, 0.29) is 0 Å². The molecule has 2 heteroatoms. The Morgan fingerprint density at radius 1 is 1.06 bits per heavy atom. The first-order valence-electron chi connectivity index (χ1n) is 5.46. The van der Waals surface area contributed by atoms with Gasteiger partial charge in [0, 0.05) is 12.7 Å². The molecule has 2 rings (SSSR count). The molecule has 0 aliphatic carbocycles. The summed E-state index contributed by atoms with van der Waals surface area (Å²) in [6.07, 6.45) is 3.68. The Hall–Kier alpha value is -1.83. The maximum Gasteiger partial charge on any atom is 0.0559 e. The predicted octanol–water partition coefficient (Wildman–Crippen LogP) is 3.31. The van der Waals surface area contributed by atoms with Crippen LogP contribution in [0.5, 0.6) is 0 Å². The number of hydrogen-bond donors (Lipinski definition) is 1. The van der Waals surface area contributed by atoms with E-state index in [1.54, 1.807) is 0 Å². The van der Waals surface area contributed by atoms with Crippen LogP contribution in [0.4, 0.5) is 5.69 Å². The van der Waals surface area contributed by atoms with E-state index in [4.69, 9.17) is 0 Å². The highest BCUT2D eigenvalue weighted by Gasteiger charge is 1.99. The molecule has 0 saturated heterocycles. The van der Waals surface area contributed by atoms with Crippen molar-refractivity contribution >= 4 is 5.69 Å². The molecule has 0 aliphatic rings. The quantitative estimate of drug-likeness (QED) is 0.844. The molecular weight excluding hydrogens is 196 g/mol. The minimum Gasteiger partial charge on any atom is -0.379 e. The molecule has 1 heterocycles. The summed E-state index contributed by atoms with van der Waals surface area (Å²) in [7, 11) is 0. The number of anilines is 1. The summed E-state index contributed by atoms with van der Waals surface area (Å²) in [6.45, 7) is 5.06. The number of pyridine rings is 1. The summed E-state index contributed by atoms with van der Waals surface area (Å²) in [5.41, 5.74) is 4.97. The number of aryl methyl sites for hydroxylation is 2. The zero-order valence-corrected chi connectivity index (χ0v) is 9.70. The zero-order chi connectivity index (χ0) is 11.4. The van der Waals surface area contributed by atoms with Crippen LogP contribution in [0.25, 0.3) is 0 Å². The van der Waals surface area contributed by atoms with Crippen molar-refractivity contribution in [2.75, 3.05) is 5.32 Å². The van der Waals surface area contributed by atoms with Gasteiger partial charge < -0.3 is 5.32 Å². The summed E-state index contributed by atoms with van der Waals surface area (Å²) in [6, 6.07) is 10.4. The lowest BCUT2D eigenvalue weighted by molar-refractivity contribution is 1.10. The average Bonchev–Trinajstić information content (AvgIpc) is 2.30. The molecule has 2 aromatic rings. The summed E-state index contributed by atoms with van der Waals surface area (Å²) >= 11 is 0. The number of hydrogen-bond acceptors (Lipinski definition) is 2. The lowest BCUT2D eigenvalue weighted by Gasteiger charge is -2.10. The van der Waals surface area contributed by atoms with Crippen LogP contribution in [0, 0.1) is 13.8 Å². The van der Waals surface area contributed by atoms with Gasteiger partial charge in [0.1, 0.15) is 0 Å². The molecule has 0 bridgehead atoms. The van der Waals surface area contributed by atoms with Crippen molar-refractivity contribution in [1.29, 1.82) is 0 Å². The molecule has 0 fully saturated rings. The van der Waals surface area contributed by atoms with Gasteiger partial charge in [-0.15, -0.1) is 0 Å². The number of aromatic nitrogens is 1. The van der Waals surface area contributed by atoms with Crippen LogP contribution < -0.4 is 5.32 Å². The number of rotatable bonds is 3. The molecule has 0 amide bonds. The van der Waals surface area contributed by atoms with Gasteiger partial charge >= 0.3 is 0 Å². The van der Waals surface area contributed by atoms with E-state index < -0.39 is 0 Å². The van der Waals surface area contributed by atoms with Gasteiger partial charge in [0.05, 0.1) is 11.9 Å². The molecule has 1 aromatic carbocycles. The fraction of sp³-hybridized carbons (Fsp3) is 0.214. The van der Waals surface area contributed by atoms with E-state index >= 15 is 0 Å². The van der Waals surface area contributed by atoms with Gasteiger partial charge in [0.15, 0.2) is 0 Å². The van der Waals surface area contributed by atoms with E-state index in [1.165, 1.54) is 16.7 Å². The third kappa shape index (κ3) is 2.40. The van der Waals surface area contributed by atoms with Gasteiger partial charge in [-0.25, -0.2) is 0 Å². The van der Waals surface area contributed by atoms with Gasteiger partial charge in [0.25, 0.3) is 0 Å². The first-order valence-corrected chi connectivity index (χ1v) is 5.46. The van der Waals surface area contributed by atoms with Crippen LogP contribution in [0.1, 0.15) is 16.7 Å². The summed E-state index contributed by atoms with van der Waals surface area (Å²) in [4.78, 5) is 4.12. The van der Waals surface area contributed by atoms with Crippen LogP contribution in [0.2, 0.25) is 0 Å². The van der Waals surface area contributed by atoms with Crippen LogP contribution in [0.15, 0.2) is 42.7 Å². The Morgan fingerprint density at radius 3 is 2.62 bits per heavy atom. The van der Waals surface area contributed by atoms with E-state index in [9.17, 15) is 0 Å². The van der Waals surface area contributed by atoms with Crippen LogP contribution in [-0.2, 0) is 6.54 Å². The van der Waals surface area contributed by atoms with Crippen molar-refractivity contribution in [3.8, 4) is 0 Å². The molecule has 0 atom stereocenters. The van der Waals surface area contributed by atoms with Gasteiger partial charge in [-0.1, -0.05) is 24.3 Å². The van der Waals surface area contributed by atoms with E-state index in [0.717, 1.165) is 12.2 Å². The maximum absolute atomic E-state index is 4.12. The van der Waals surface area contributed by atoms with Crippen molar-refractivity contribution in [3.05, 3.63) is 59.4 Å². The molecule has 0 unspecified atom stereocenters. The normalized spacial score (nSPS) is 10.1. The molecule has 1 N–H and O–H groups in total. The molecular formula is C14H16N2. The lowest BCUT2D eigenvalue weighted by Crippen LogP contribution is -2.02. The highest BCUT2D eigenvalue weighted by molar-refractivity contribution is 5.48. The van der Waals surface area contributed by atoms with Gasteiger partial charge in [0.2, 0.25) is 0 Å². The molecule has 16 heavy (non-hydrogen) atoms. The second-order valence-electron chi connectivity index (χ2n) is 3.97. The Morgan fingerprint density at radius 2 is 1.88 bits per heavy atom. The Labute approximate surface area is 96.4 Å². The van der Waals surface area contributed by atoms with Crippen LogP contribution >= 0.6 is 0 Å². The molecule has 0 spiro atoms. The highest BCUT2D eigenvalue weighted by atomic mass is 14.9. The predicted molar refractivity (Wildman–Crippen MR) is 67.5 cm³/mol. The topological polar surface area (TPSA) is 24.9 Å². The van der Waals surface area contributed by atoms with Gasteiger partial charge in [-0.2, -0.15) is 0 Å². The van der Waals surface area contributed by atoms with Gasteiger partial charge in [-0.3, -0.25) is 4.98 Å². The molecule has 1 aromatic heterocycles. The first-order chi connectivity index (χ1) is 7.77. The SMILES string of the molecule is Cc1ccccc1CNc1cnccc1C. The molecule has 0 aliphatic heterocycles. The zero-order valence-electron chi connectivity index (χ0n) is 9.70. The summed E-state index contributed by atoms with van der Waals surface area (Å²) in [5, 5.41) is 3.41. The van der Waals surface area contributed by atoms with Crippen molar-refractivity contribution in [2.45, 2.75) is 20.4 Å². The first kappa shape index (κ1) is 10.7. The molecule has 0 saturated carbocycles. The molecule has 82 valence electrons. The standard InChI is InChI=1S/C14H16N2/c1-11-5-3-4-6-13(11)9-16-14-10-15-8-7-12(14)2/h3-8,10,16H,9H2,1-2H3. The Balaban J connectivity index is 2.09.